The van der Waals surface area contributed by atoms with Crippen LogP contribution < -0.4 is 5.32 Å². The van der Waals surface area contributed by atoms with Gasteiger partial charge in [-0.05, 0) is 12.1 Å². The molecule has 0 aliphatic rings. The van der Waals surface area contributed by atoms with Crippen LogP contribution >= 0.6 is 11.3 Å². The molecule has 0 bridgehead atoms. The molecule has 2 heterocycles. The van der Waals surface area contributed by atoms with Crippen molar-refractivity contribution in [1.82, 2.24) is 9.97 Å². The second kappa shape index (κ2) is 6.64. The molecule has 0 saturated heterocycles. The fourth-order valence-electron chi connectivity index (χ4n) is 1.38. The summed E-state index contributed by atoms with van der Waals surface area (Å²) >= 11 is 1.15. The van der Waals surface area contributed by atoms with Crippen molar-refractivity contribution in [3.05, 3.63) is 29.8 Å². The summed E-state index contributed by atoms with van der Waals surface area (Å²) in [6.45, 7) is -2.14. The van der Waals surface area contributed by atoms with E-state index in [0.29, 0.717) is 11.4 Å². The first kappa shape index (κ1) is 15.4. The van der Waals surface area contributed by atoms with Crippen LogP contribution in [0, 0.1) is 0 Å². The summed E-state index contributed by atoms with van der Waals surface area (Å²) in [6.07, 6.45) is -2.84. The van der Waals surface area contributed by atoms with E-state index in [0.717, 1.165) is 11.3 Å². The molecule has 21 heavy (non-hydrogen) atoms. The predicted octanol–water partition coefficient (Wildman–Crippen LogP) is 2.72. The van der Waals surface area contributed by atoms with Crippen molar-refractivity contribution >= 4 is 22.4 Å². The van der Waals surface area contributed by atoms with E-state index in [1.54, 1.807) is 29.8 Å². The zero-order valence-electron chi connectivity index (χ0n) is 10.6. The largest absolute Gasteiger partial charge is 0.411 e. The molecule has 1 amide bonds. The molecule has 0 fully saturated rings. The van der Waals surface area contributed by atoms with Gasteiger partial charge in [-0.25, -0.2) is 4.98 Å². The van der Waals surface area contributed by atoms with E-state index >= 15 is 0 Å². The second-order valence-corrected chi connectivity index (χ2v) is 4.77. The highest BCUT2D eigenvalue weighted by atomic mass is 32.1. The molecule has 5 nitrogen and oxygen atoms in total. The third-order valence-corrected chi connectivity index (χ3v) is 2.93. The summed E-state index contributed by atoms with van der Waals surface area (Å²) in [5.74, 6) is -0.693. The molecular weight excluding hydrogens is 307 g/mol. The van der Waals surface area contributed by atoms with Gasteiger partial charge in [-0.15, -0.1) is 11.3 Å². The number of halogens is 3. The maximum Gasteiger partial charge on any atom is 0.411 e. The fraction of sp³-hybridized carbons (Fsp3) is 0.250. The summed E-state index contributed by atoms with van der Waals surface area (Å²) in [6, 6.07) is 5.31. The first-order valence-electron chi connectivity index (χ1n) is 5.75. The number of pyridine rings is 1. The summed E-state index contributed by atoms with van der Waals surface area (Å²) < 4.78 is 39.8. The van der Waals surface area contributed by atoms with Gasteiger partial charge in [-0.2, -0.15) is 13.2 Å². The van der Waals surface area contributed by atoms with E-state index in [-0.39, 0.29) is 5.13 Å². The lowest BCUT2D eigenvalue weighted by Gasteiger charge is -2.06. The Labute approximate surface area is 121 Å². The molecule has 9 heteroatoms. The summed E-state index contributed by atoms with van der Waals surface area (Å²) in [7, 11) is 0. The summed E-state index contributed by atoms with van der Waals surface area (Å²) in [5.41, 5.74) is 1.22. The lowest BCUT2D eigenvalue weighted by molar-refractivity contribution is -0.174. The van der Waals surface area contributed by atoms with Gasteiger partial charge < -0.3 is 4.74 Å². The molecule has 2 aromatic rings. The Morgan fingerprint density at radius 2 is 2.14 bits per heavy atom. The van der Waals surface area contributed by atoms with Crippen LogP contribution in [0.2, 0.25) is 0 Å². The first-order chi connectivity index (χ1) is 9.94. The third-order valence-electron chi connectivity index (χ3n) is 2.18. The minimum absolute atomic E-state index is 0.274. The number of anilines is 1. The third kappa shape index (κ3) is 5.12. The summed E-state index contributed by atoms with van der Waals surface area (Å²) in [5, 5.41) is 4.33. The molecule has 0 saturated carbocycles. The van der Waals surface area contributed by atoms with E-state index in [1.807, 2.05) is 0 Å². The van der Waals surface area contributed by atoms with E-state index in [2.05, 4.69) is 20.0 Å². The number of nitrogens with one attached hydrogen (secondary N) is 1. The van der Waals surface area contributed by atoms with Crippen molar-refractivity contribution in [3.63, 3.8) is 0 Å². The smallest absolute Gasteiger partial charge is 0.362 e. The number of amides is 1. The first-order valence-corrected chi connectivity index (χ1v) is 6.63. The minimum Gasteiger partial charge on any atom is -0.362 e. The zero-order chi connectivity index (χ0) is 15.3. The SMILES string of the molecule is O=C(COCC(F)(F)F)Nc1nc(-c2ccccn2)cs1. The van der Waals surface area contributed by atoms with Gasteiger partial charge in [0, 0.05) is 11.6 Å². The monoisotopic (exact) mass is 317 g/mol. The Kier molecular flexibility index (Phi) is 4.86. The maximum atomic E-state index is 11.9. The van der Waals surface area contributed by atoms with Crippen molar-refractivity contribution in [2.24, 2.45) is 0 Å². The van der Waals surface area contributed by atoms with Gasteiger partial charge in [0.15, 0.2) is 5.13 Å². The number of rotatable bonds is 5. The van der Waals surface area contributed by atoms with Crippen LogP contribution in [0.1, 0.15) is 0 Å². The molecular formula is C12H10F3N3O2S. The topological polar surface area (TPSA) is 64.1 Å². The standard InChI is InChI=1S/C12H10F3N3O2S/c13-12(14,15)7-20-5-10(19)18-11-17-9(6-21-11)8-3-1-2-4-16-8/h1-4,6H,5,7H2,(H,17,18,19). The molecule has 2 rings (SSSR count). The van der Waals surface area contributed by atoms with Crippen molar-refractivity contribution < 1.29 is 22.7 Å². The average molecular weight is 317 g/mol. The molecule has 0 radical (unpaired) electrons. The number of hydrogen-bond donors (Lipinski definition) is 1. The Hall–Kier alpha value is -2.00. The van der Waals surface area contributed by atoms with Gasteiger partial charge >= 0.3 is 6.18 Å². The van der Waals surface area contributed by atoms with Gasteiger partial charge in [0.1, 0.15) is 18.9 Å². The lowest BCUT2D eigenvalue weighted by Crippen LogP contribution is -2.23. The molecule has 0 unspecified atom stereocenters. The number of ether oxygens (including phenoxy) is 1. The molecule has 2 aromatic heterocycles. The van der Waals surface area contributed by atoms with Crippen LogP contribution in [0.3, 0.4) is 0 Å². The highest BCUT2D eigenvalue weighted by molar-refractivity contribution is 7.14. The van der Waals surface area contributed by atoms with Crippen molar-refractivity contribution in [2.45, 2.75) is 6.18 Å². The number of carbonyl (C=O) groups is 1. The number of nitrogens with zero attached hydrogens (tertiary/aromatic N) is 2. The van der Waals surface area contributed by atoms with E-state index in [4.69, 9.17) is 0 Å². The van der Waals surface area contributed by atoms with Crippen LogP contribution in [-0.4, -0.2) is 35.3 Å². The Bertz CT molecular complexity index is 601. The van der Waals surface area contributed by atoms with Crippen LogP contribution in [0.15, 0.2) is 29.8 Å². The van der Waals surface area contributed by atoms with Crippen LogP contribution in [0.25, 0.3) is 11.4 Å². The van der Waals surface area contributed by atoms with Crippen LogP contribution in [-0.2, 0) is 9.53 Å². The second-order valence-electron chi connectivity index (χ2n) is 3.91. The van der Waals surface area contributed by atoms with E-state index < -0.39 is 25.3 Å². The highest BCUT2D eigenvalue weighted by Crippen LogP contribution is 2.23. The number of aromatic nitrogens is 2. The van der Waals surface area contributed by atoms with Crippen molar-refractivity contribution in [1.29, 1.82) is 0 Å². The average Bonchev–Trinajstić information content (AvgIpc) is 2.86. The quantitative estimate of drug-likeness (QED) is 0.921. The number of hydrogen-bond acceptors (Lipinski definition) is 5. The maximum absolute atomic E-state index is 11.9. The minimum atomic E-state index is -4.45. The molecule has 0 aliphatic heterocycles. The molecule has 0 atom stereocenters. The van der Waals surface area contributed by atoms with E-state index in [1.165, 1.54) is 0 Å². The van der Waals surface area contributed by atoms with Gasteiger partial charge in [-0.3, -0.25) is 15.1 Å². The Balaban J connectivity index is 1.87. The molecule has 0 aliphatic carbocycles. The molecule has 0 aromatic carbocycles. The fourth-order valence-corrected chi connectivity index (χ4v) is 2.10. The molecule has 112 valence electrons. The predicted molar refractivity (Wildman–Crippen MR) is 70.8 cm³/mol. The van der Waals surface area contributed by atoms with Crippen LogP contribution in [0.5, 0.6) is 0 Å². The van der Waals surface area contributed by atoms with Crippen molar-refractivity contribution in [2.75, 3.05) is 18.5 Å². The van der Waals surface area contributed by atoms with Gasteiger partial charge in [-0.1, -0.05) is 6.07 Å². The number of thiazole rings is 1. The van der Waals surface area contributed by atoms with Crippen LogP contribution in [0.4, 0.5) is 18.3 Å². The Morgan fingerprint density at radius 3 is 2.81 bits per heavy atom. The number of carbonyl (C=O) groups excluding carboxylic acids is 1. The highest BCUT2D eigenvalue weighted by Gasteiger charge is 2.27. The zero-order valence-corrected chi connectivity index (χ0v) is 11.4. The molecule has 0 spiro atoms. The van der Waals surface area contributed by atoms with Crippen molar-refractivity contribution in [3.8, 4) is 11.4 Å². The van der Waals surface area contributed by atoms with E-state index in [9.17, 15) is 18.0 Å². The van der Waals surface area contributed by atoms with Gasteiger partial charge in [0.2, 0.25) is 0 Å². The van der Waals surface area contributed by atoms with Gasteiger partial charge in [0.25, 0.3) is 5.91 Å². The normalized spacial score (nSPS) is 11.4. The summed E-state index contributed by atoms with van der Waals surface area (Å²) in [4.78, 5) is 19.6. The van der Waals surface area contributed by atoms with Gasteiger partial charge in [0.05, 0.1) is 5.69 Å². The molecule has 1 N–H and O–H groups in total. The Morgan fingerprint density at radius 1 is 1.33 bits per heavy atom. The lowest BCUT2D eigenvalue weighted by atomic mass is 10.3. The number of alkyl halides is 3.